The molecule has 0 aliphatic rings. The van der Waals surface area contributed by atoms with Crippen LogP contribution in [0.4, 0.5) is 0 Å². The van der Waals surface area contributed by atoms with Crippen molar-refractivity contribution in [3.8, 4) is 0 Å². The van der Waals surface area contributed by atoms with Gasteiger partial charge in [-0.25, -0.2) is 4.98 Å². The highest BCUT2D eigenvalue weighted by Gasteiger charge is 2.04. The predicted octanol–water partition coefficient (Wildman–Crippen LogP) is 2.65. The van der Waals surface area contributed by atoms with E-state index in [9.17, 15) is 0 Å². The van der Waals surface area contributed by atoms with Crippen molar-refractivity contribution in [2.45, 2.75) is 27.5 Å². The highest BCUT2D eigenvalue weighted by molar-refractivity contribution is 5.77. The van der Waals surface area contributed by atoms with Gasteiger partial charge in [0.2, 0.25) is 0 Å². The molecule has 1 aromatic heterocycles. The summed E-state index contributed by atoms with van der Waals surface area (Å²) in [5.74, 6) is 0. The molecule has 1 heterocycles. The minimum atomic E-state index is 0.579. The Balaban J connectivity index is 2.45. The Morgan fingerprint density at radius 3 is 2.73 bits per heavy atom. The summed E-state index contributed by atoms with van der Waals surface area (Å²) in [5, 5.41) is 0. The largest absolute Gasteiger partial charge is 0.361 e. The van der Waals surface area contributed by atoms with Crippen LogP contribution in [0.2, 0.25) is 0 Å². The van der Waals surface area contributed by atoms with Crippen LogP contribution in [0.3, 0.4) is 0 Å². The molecule has 0 spiro atoms. The Morgan fingerprint density at radius 2 is 2.00 bits per heavy atom. The van der Waals surface area contributed by atoms with Gasteiger partial charge < -0.3 is 9.30 Å². The highest BCUT2D eigenvalue weighted by atomic mass is 16.5. The first-order chi connectivity index (χ1) is 7.22. The third kappa shape index (κ3) is 1.88. The van der Waals surface area contributed by atoms with E-state index in [0.29, 0.717) is 6.73 Å². The van der Waals surface area contributed by atoms with E-state index in [1.54, 1.807) is 0 Å². The Hall–Kier alpha value is -1.35. The molecule has 0 N–H and O–H groups in total. The summed E-state index contributed by atoms with van der Waals surface area (Å²) < 4.78 is 7.41. The lowest BCUT2D eigenvalue weighted by molar-refractivity contribution is 0.0905. The van der Waals surface area contributed by atoms with Gasteiger partial charge in [0.1, 0.15) is 6.73 Å². The van der Waals surface area contributed by atoms with Crippen LogP contribution in [-0.2, 0) is 11.5 Å². The molecular formula is C12H16N2O. The van der Waals surface area contributed by atoms with E-state index in [2.05, 4.69) is 31.0 Å². The van der Waals surface area contributed by atoms with E-state index in [1.807, 2.05) is 17.8 Å². The fourth-order valence-corrected chi connectivity index (χ4v) is 1.61. The minimum absolute atomic E-state index is 0.579. The second-order valence-corrected chi connectivity index (χ2v) is 3.76. The zero-order chi connectivity index (χ0) is 10.8. The standard InChI is InChI=1S/C12H16N2O/c1-4-15-8-14-7-13-11-5-9(2)10(3)6-12(11)14/h5-7H,4,8H2,1-3H3. The van der Waals surface area contributed by atoms with Crippen molar-refractivity contribution in [2.75, 3.05) is 6.61 Å². The number of aromatic nitrogens is 2. The zero-order valence-electron chi connectivity index (χ0n) is 9.45. The fraction of sp³-hybridized carbons (Fsp3) is 0.417. The first-order valence-electron chi connectivity index (χ1n) is 5.22. The Bertz CT molecular complexity index is 474. The van der Waals surface area contributed by atoms with Gasteiger partial charge in [0.15, 0.2) is 0 Å². The van der Waals surface area contributed by atoms with Crippen LogP contribution in [-0.4, -0.2) is 16.2 Å². The van der Waals surface area contributed by atoms with E-state index in [0.717, 1.165) is 17.6 Å². The first kappa shape index (κ1) is 10.2. The van der Waals surface area contributed by atoms with Crippen LogP contribution in [0.15, 0.2) is 18.5 Å². The molecule has 0 unspecified atom stereocenters. The van der Waals surface area contributed by atoms with Crippen LogP contribution in [0.1, 0.15) is 18.1 Å². The molecule has 1 aromatic carbocycles. The Morgan fingerprint density at radius 1 is 1.27 bits per heavy atom. The maximum Gasteiger partial charge on any atom is 0.124 e. The minimum Gasteiger partial charge on any atom is -0.361 e. The second-order valence-electron chi connectivity index (χ2n) is 3.76. The fourth-order valence-electron chi connectivity index (χ4n) is 1.61. The maximum absolute atomic E-state index is 5.38. The van der Waals surface area contributed by atoms with Crippen LogP contribution in [0, 0.1) is 13.8 Å². The number of hydrogen-bond acceptors (Lipinski definition) is 2. The lowest BCUT2D eigenvalue weighted by Crippen LogP contribution is -2.00. The molecule has 15 heavy (non-hydrogen) atoms. The Kier molecular flexibility index (Phi) is 2.73. The molecule has 3 nitrogen and oxygen atoms in total. The quantitative estimate of drug-likeness (QED) is 0.768. The van der Waals surface area contributed by atoms with Crippen molar-refractivity contribution in [3.05, 3.63) is 29.6 Å². The van der Waals surface area contributed by atoms with Crippen molar-refractivity contribution in [1.82, 2.24) is 9.55 Å². The van der Waals surface area contributed by atoms with Crippen molar-refractivity contribution in [2.24, 2.45) is 0 Å². The SMILES string of the molecule is CCOCn1cnc2cc(C)c(C)cc21. The number of benzene rings is 1. The van der Waals surface area contributed by atoms with Crippen LogP contribution >= 0.6 is 0 Å². The summed E-state index contributed by atoms with van der Waals surface area (Å²) in [5.41, 5.74) is 4.76. The molecular weight excluding hydrogens is 188 g/mol. The number of imidazole rings is 1. The summed E-state index contributed by atoms with van der Waals surface area (Å²) in [4.78, 5) is 4.36. The van der Waals surface area contributed by atoms with Gasteiger partial charge in [0.05, 0.1) is 17.4 Å². The number of aryl methyl sites for hydroxylation is 2. The van der Waals surface area contributed by atoms with E-state index in [1.165, 1.54) is 11.1 Å². The lowest BCUT2D eigenvalue weighted by atomic mass is 10.1. The molecule has 2 aromatic rings. The molecule has 0 fully saturated rings. The molecule has 2 rings (SSSR count). The van der Waals surface area contributed by atoms with Crippen LogP contribution in [0.5, 0.6) is 0 Å². The molecule has 0 saturated carbocycles. The lowest BCUT2D eigenvalue weighted by Gasteiger charge is -2.05. The number of ether oxygens (including phenoxy) is 1. The number of rotatable bonds is 3. The van der Waals surface area contributed by atoms with Crippen molar-refractivity contribution < 1.29 is 4.74 Å². The highest BCUT2D eigenvalue weighted by Crippen LogP contribution is 2.18. The zero-order valence-corrected chi connectivity index (χ0v) is 9.45. The summed E-state index contributed by atoms with van der Waals surface area (Å²) in [6, 6.07) is 4.28. The van der Waals surface area contributed by atoms with Gasteiger partial charge in [-0.15, -0.1) is 0 Å². The summed E-state index contributed by atoms with van der Waals surface area (Å²) in [7, 11) is 0. The molecule has 0 atom stereocenters. The van der Waals surface area contributed by atoms with Gasteiger partial charge >= 0.3 is 0 Å². The smallest absolute Gasteiger partial charge is 0.124 e. The van der Waals surface area contributed by atoms with Crippen LogP contribution in [0.25, 0.3) is 11.0 Å². The summed E-state index contributed by atoms with van der Waals surface area (Å²) in [6.07, 6.45) is 1.83. The first-order valence-corrected chi connectivity index (χ1v) is 5.22. The third-order valence-electron chi connectivity index (χ3n) is 2.67. The molecule has 0 amide bonds. The number of nitrogens with zero attached hydrogens (tertiary/aromatic N) is 2. The average molecular weight is 204 g/mol. The molecule has 0 radical (unpaired) electrons. The van der Waals surface area contributed by atoms with E-state index < -0.39 is 0 Å². The normalized spacial score (nSPS) is 11.1. The average Bonchev–Trinajstić information content (AvgIpc) is 2.59. The molecule has 0 aliphatic heterocycles. The van der Waals surface area contributed by atoms with E-state index in [-0.39, 0.29) is 0 Å². The van der Waals surface area contributed by atoms with Crippen molar-refractivity contribution in [1.29, 1.82) is 0 Å². The monoisotopic (exact) mass is 204 g/mol. The van der Waals surface area contributed by atoms with Crippen LogP contribution < -0.4 is 0 Å². The summed E-state index contributed by atoms with van der Waals surface area (Å²) >= 11 is 0. The topological polar surface area (TPSA) is 27.1 Å². The Labute approximate surface area is 89.7 Å². The predicted molar refractivity (Wildman–Crippen MR) is 60.8 cm³/mol. The third-order valence-corrected chi connectivity index (χ3v) is 2.67. The van der Waals surface area contributed by atoms with Gasteiger partial charge in [-0.2, -0.15) is 0 Å². The number of hydrogen-bond donors (Lipinski definition) is 0. The van der Waals surface area contributed by atoms with Gasteiger partial charge in [0.25, 0.3) is 0 Å². The van der Waals surface area contributed by atoms with Crippen molar-refractivity contribution >= 4 is 11.0 Å². The number of fused-ring (bicyclic) bond motifs is 1. The maximum atomic E-state index is 5.38. The molecule has 0 aliphatic carbocycles. The van der Waals surface area contributed by atoms with Gasteiger partial charge in [0, 0.05) is 6.61 Å². The van der Waals surface area contributed by atoms with Gasteiger partial charge in [-0.3, -0.25) is 0 Å². The molecule has 0 saturated heterocycles. The van der Waals surface area contributed by atoms with Gasteiger partial charge in [-0.05, 0) is 44.0 Å². The molecule has 80 valence electrons. The molecule has 0 bridgehead atoms. The van der Waals surface area contributed by atoms with Gasteiger partial charge in [-0.1, -0.05) is 0 Å². The second kappa shape index (κ2) is 4.03. The molecule has 3 heteroatoms. The van der Waals surface area contributed by atoms with Crippen molar-refractivity contribution in [3.63, 3.8) is 0 Å². The van der Waals surface area contributed by atoms with E-state index >= 15 is 0 Å². The van der Waals surface area contributed by atoms with E-state index in [4.69, 9.17) is 4.74 Å². The summed E-state index contributed by atoms with van der Waals surface area (Å²) in [6.45, 7) is 7.53.